The summed E-state index contributed by atoms with van der Waals surface area (Å²) in [5, 5.41) is 15.8. The molecule has 12 nitrogen and oxygen atoms in total. The highest BCUT2D eigenvalue weighted by Gasteiger charge is 2.35. The summed E-state index contributed by atoms with van der Waals surface area (Å²) >= 11 is 5.94. The highest BCUT2D eigenvalue weighted by atomic mass is 35.5. The number of carbonyl (C=O) groups is 2. The van der Waals surface area contributed by atoms with Gasteiger partial charge in [-0.25, -0.2) is 13.2 Å². The average molecular weight is 645 g/mol. The van der Waals surface area contributed by atoms with E-state index in [0.29, 0.717) is 27.9 Å². The van der Waals surface area contributed by atoms with Gasteiger partial charge in [-0.1, -0.05) is 18.5 Å². The molecular formula is C30H33ClN4O8S. The molecular weight excluding hydrogens is 612 g/mol. The molecule has 5 rings (SSSR count). The number of urea groups is 1. The van der Waals surface area contributed by atoms with E-state index in [1.165, 1.54) is 46.6 Å². The summed E-state index contributed by atoms with van der Waals surface area (Å²) in [5.74, 6) is 0.614. The lowest BCUT2D eigenvalue weighted by Crippen LogP contribution is -2.50. The Morgan fingerprint density at radius 1 is 1.05 bits per heavy atom. The number of ether oxygens (including phenoxy) is 3. The third-order valence-corrected chi connectivity index (χ3v) is 9.60. The van der Waals surface area contributed by atoms with Crippen LogP contribution in [0.15, 0.2) is 65.6 Å². The fraction of sp³-hybridized carbons (Fsp3) is 0.333. The number of halogens is 1. The Balaban J connectivity index is 1.38. The van der Waals surface area contributed by atoms with Crippen LogP contribution in [0.1, 0.15) is 24.2 Å². The van der Waals surface area contributed by atoms with Gasteiger partial charge in [-0.3, -0.25) is 4.79 Å². The number of rotatable bonds is 8. The van der Waals surface area contributed by atoms with Gasteiger partial charge in [-0.05, 0) is 61.5 Å². The lowest BCUT2D eigenvalue weighted by Gasteiger charge is -2.38. The number of hydrogen-bond acceptors (Lipinski definition) is 8. The lowest BCUT2D eigenvalue weighted by atomic mass is 9.99. The molecule has 234 valence electrons. The van der Waals surface area contributed by atoms with Gasteiger partial charge in [0.2, 0.25) is 16.8 Å². The molecule has 0 spiro atoms. The summed E-state index contributed by atoms with van der Waals surface area (Å²) in [5.41, 5.74) is 0.962. The lowest BCUT2D eigenvalue weighted by molar-refractivity contribution is 0.0387. The van der Waals surface area contributed by atoms with Crippen molar-refractivity contribution < 1.29 is 37.3 Å². The molecule has 0 radical (unpaired) electrons. The van der Waals surface area contributed by atoms with Crippen LogP contribution in [-0.2, 0) is 10.0 Å². The number of aliphatic hydroxyl groups excluding tert-OH is 1. The van der Waals surface area contributed by atoms with Crippen LogP contribution in [0, 0.1) is 5.92 Å². The van der Waals surface area contributed by atoms with Gasteiger partial charge in [0.15, 0.2) is 11.5 Å². The second kappa shape index (κ2) is 12.9. The number of aliphatic hydroxyl groups is 1. The molecule has 44 heavy (non-hydrogen) atoms. The van der Waals surface area contributed by atoms with Crippen molar-refractivity contribution in [2.45, 2.75) is 30.9 Å². The Morgan fingerprint density at radius 3 is 2.36 bits per heavy atom. The maximum absolute atomic E-state index is 13.7. The van der Waals surface area contributed by atoms with Crippen molar-refractivity contribution in [2.24, 2.45) is 5.92 Å². The third kappa shape index (κ3) is 6.70. The standard InChI is InChI=1S/C30H33ClN4O8S/c1-18-14-35(19(2)16-36)29(37)24-12-21(32-30(38)33-22-7-11-26-27(13-22)42-17-41-26)6-10-25(24)43-28(18)15-34(3)44(39,40)23-8-4-20(31)5-9-23/h4-13,18-19,28,36H,14-17H2,1-3H3,(H2,32,33,38)/t18-,19-,28-/m0/s1. The van der Waals surface area contributed by atoms with Crippen LogP contribution in [0.3, 0.4) is 0 Å². The molecule has 14 heteroatoms. The van der Waals surface area contributed by atoms with Crippen molar-refractivity contribution in [1.29, 1.82) is 0 Å². The van der Waals surface area contributed by atoms with E-state index in [9.17, 15) is 23.1 Å². The Bertz CT molecular complexity index is 1650. The van der Waals surface area contributed by atoms with Gasteiger partial charge < -0.3 is 34.9 Å². The van der Waals surface area contributed by atoms with Gasteiger partial charge in [0.1, 0.15) is 11.9 Å². The zero-order chi connectivity index (χ0) is 31.6. The van der Waals surface area contributed by atoms with Crippen LogP contribution in [0.5, 0.6) is 17.2 Å². The van der Waals surface area contributed by atoms with Gasteiger partial charge in [-0.2, -0.15) is 4.31 Å². The van der Waals surface area contributed by atoms with Crippen LogP contribution < -0.4 is 24.8 Å². The van der Waals surface area contributed by atoms with E-state index in [1.807, 2.05) is 6.92 Å². The number of carbonyl (C=O) groups excluding carboxylic acids is 2. The summed E-state index contributed by atoms with van der Waals surface area (Å²) in [7, 11) is -2.40. The Hall–Kier alpha value is -4.04. The van der Waals surface area contributed by atoms with Gasteiger partial charge in [0.05, 0.1) is 29.7 Å². The maximum atomic E-state index is 13.7. The molecule has 3 aromatic rings. The van der Waals surface area contributed by atoms with Crippen molar-refractivity contribution in [1.82, 2.24) is 9.21 Å². The topological polar surface area (TPSA) is 147 Å². The van der Waals surface area contributed by atoms with Gasteiger partial charge in [0.25, 0.3) is 5.91 Å². The van der Waals surface area contributed by atoms with Crippen LogP contribution >= 0.6 is 11.6 Å². The van der Waals surface area contributed by atoms with E-state index in [2.05, 4.69) is 10.6 Å². The molecule has 0 bridgehead atoms. The van der Waals surface area contributed by atoms with Gasteiger partial charge >= 0.3 is 6.03 Å². The largest absolute Gasteiger partial charge is 0.488 e. The summed E-state index contributed by atoms with van der Waals surface area (Å²) in [6.07, 6.45) is -0.657. The molecule has 0 unspecified atom stereocenters. The summed E-state index contributed by atoms with van der Waals surface area (Å²) in [6.45, 7) is 3.59. The molecule has 3 atom stereocenters. The molecule has 3 aromatic carbocycles. The highest BCUT2D eigenvalue weighted by molar-refractivity contribution is 7.89. The zero-order valence-corrected chi connectivity index (χ0v) is 25.9. The first kappa shape index (κ1) is 31.4. The SMILES string of the molecule is C[C@H]1CN([C@@H](C)CO)C(=O)c2cc(NC(=O)Nc3ccc4c(c3)OCO4)ccc2O[C@H]1CN(C)S(=O)(=O)c1ccc(Cl)cc1. The number of nitrogens with one attached hydrogen (secondary N) is 2. The summed E-state index contributed by atoms with van der Waals surface area (Å²) in [4.78, 5) is 28.2. The van der Waals surface area contributed by atoms with Crippen molar-refractivity contribution in [2.75, 3.05) is 44.2 Å². The average Bonchev–Trinajstić information content (AvgIpc) is 3.47. The number of anilines is 2. The number of fused-ring (bicyclic) bond motifs is 2. The van der Waals surface area contributed by atoms with Crippen LogP contribution in [0.2, 0.25) is 5.02 Å². The summed E-state index contributed by atoms with van der Waals surface area (Å²) in [6, 6.07) is 14.4. The molecule has 2 heterocycles. The normalized spacial score (nSPS) is 18.6. The quantitative estimate of drug-likeness (QED) is 0.330. The molecule has 0 fully saturated rings. The minimum Gasteiger partial charge on any atom is -0.488 e. The predicted octanol–water partition coefficient (Wildman–Crippen LogP) is 4.25. The second-order valence-corrected chi connectivity index (χ2v) is 13.2. The fourth-order valence-corrected chi connectivity index (χ4v) is 6.23. The van der Waals surface area contributed by atoms with E-state index in [1.54, 1.807) is 37.3 Å². The first-order valence-corrected chi connectivity index (χ1v) is 15.7. The van der Waals surface area contributed by atoms with Crippen LogP contribution in [0.4, 0.5) is 16.2 Å². The zero-order valence-electron chi connectivity index (χ0n) is 24.3. The molecule has 0 saturated carbocycles. The Kier molecular flexibility index (Phi) is 9.20. The second-order valence-electron chi connectivity index (χ2n) is 10.7. The number of nitrogens with zero attached hydrogens (tertiary/aromatic N) is 2. The van der Waals surface area contributed by atoms with Crippen molar-refractivity contribution in [3.8, 4) is 17.2 Å². The van der Waals surface area contributed by atoms with Crippen molar-refractivity contribution in [3.05, 3.63) is 71.2 Å². The summed E-state index contributed by atoms with van der Waals surface area (Å²) < 4.78 is 44.8. The Morgan fingerprint density at radius 2 is 1.68 bits per heavy atom. The molecule has 3 N–H and O–H groups in total. The van der Waals surface area contributed by atoms with Gasteiger partial charge in [0, 0.05) is 42.0 Å². The minimum atomic E-state index is -3.87. The molecule has 0 saturated heterocycles. The van der Waals surface area contributed by atoms with Crippen molar-refractivity contribution >= 4 is 44.9 Å². The monoisotopic (exact) mass is 644 g/mol. The van der Waals surface area contributed by atoms with E-state index in [4.69, 9.17) is 25.8 Å². The van der Waals surface area contributed by atoms with Gasteiger partial charge in [-0.15, -0.1) is 0 Å². The molecule has 2 aliphatic heterocycles. The molecule has 3 amide bonds. The number of hydrogen-bond donors (Lipinski definition) is 3. The van der Waals surface area contributed by atoms with E-state index < -0.39 is 34.1 Å². The minimum absolute atomic E-state index is 0.0148. The highest BCUT2D eigenvalue weighted by Crippen LogP contribution is 2.35. The number of sulfonamides is 1. The number of amides is 3. The Labute approximate surface area is 260 Å². The smallest absolute Gasteiger partial charge is 0.323 e. The third-order valence-electron chi connectivity index (χ3n) is 7.51. The maximum Gasteiger partial charge on any atom is 0.323 e. The van der Waals surface area contributed by atoms with E-state index in [0.717, 1.165) is 0 Å². The van der Waals surface area contributed by atoms with Crippen LogP contribution in [0.25, 0.3) is 0 Å². The van der Waals surface area contributed by atoms with E-state index >= 15 is 0 Å². The van der Waals surface area contributed by atoms with Crippen LogP contribution in [-0.4, -0.2) is 80.4 Å². The number of benzene rings is 3. The molecule has 0 aromatic heterocycles. The first-order chi connectivity index (χ1) is 21.0. The van der Waals surface area contributed by atoms with E-state index in [-0.39, 0.29) is 48.6 Å². The fourth-order valence-electron chi connectivity index (χ4n) is 4.92. The predicted molar refractivity (Wildman–Crippen MR) is 164 cm³/mol. The first-order valence-electron chi connectivity index (χ1n) is 13.9. The molecule has 2 aliphatic rings. The van der Waals surface area contributed by atoms with Crippen molar-refractivity contribution in [3.63, 3.8) is 0 Å². The number of likely N-dealkylation sites (N-methyl/N-ethyl adjacent to an activating group) is 1. The molecule has 0 aliphatic carbocycles.